The molecule has 4 nitrogen and oxygen atoms in total. The average Bonchev–Trinajstić information content (AvgIpc) is 3.23. The van der Waals surface area contributed by atoms with Gasteiger partial charge in [-0.15, -0.1) is 11.3 Å². The van der Waals surface area contributed by atoms with Crippen LogP contribution in [0.25, 0.3) is 5.57 Å². The van der Waals surface area contributed by atoms with E-state index in [1.54, 1.807) is 24.3 Å². The summed E-state index contributed by atoms with van der Waals surface area (Å²) in [5.74, 6) is -0.493. The van der Waals surface area contributed by atoms with Crippen molar-refractivity contribution in [2.45, 2.75) is 19.3 Å². The lowest BCUT2D eigenvalue weighted by Gasteiger charge is -2.29. The van der Waals surface area contributed by atoms with Gasteiger partial charge in [0.15, 0.2) is 0 Å². The van der Waals surface area contributed by atoms with Crippen LogP contribution in [0.5, 0.6) is 0 Å². The molecule has 3 heterocycles. The second-order valence-corrected chi connectivity index (χ2v) is 7.55. The van der Waals surface area contributed by atoms with Gasteiger partial charge >= 0.3 is 0 Å². The van der Waals surface area contributed by atoms with Crippen LogP contribution in [-0.4, -0.2) is 29.8 Å². The Labute approximate surface area is 155 Å². The van der Waals surface area contributed by atoms with E-state index < -0.39 is 0 Å². The molecule has 0 unspecified atom stereocenters. The van der Waals surface area contributed by atoms with E-state index >= 15 is 0 Å². The topological polar surface area (TPSA) is 40.6 Å². The summed E-state index contributed by atoms with van der Waals surface area (Å²) in [5, 5.41) is 2.50. The van der Waals surface area contributed by atoms with E-state index in [4.69, 9.17) is 11.6 Å². The molecule has 0 spiro atoms. The number of piperidine rings is 1. The molecule has 0 saturated carbocycles. The summed E-state index contributed by atoms with van der Waals surface area (Å²) in [6.45, 7) is 1.63. The van der Waals surface area contributed by atoms with Gasteiger partial charge < -0.3 is 4.90 Å². The van der Waals surface area contributed by atoms with Gasteiger partial charge in [-0.2, -0.15) is 0 Å². The Balaban J connectivity index is 1.79. The number of carbonyl (C=O) groups is 2. The molecule has 0 atom stereocenters. The van der Waals surface area contributed by atoms with Crippen LogP contribution in [0.1, 0.15) is 24.1 Å². The van der Waals surface area contributed by atoms with Crippen LogP contribution in [0.4, 0.5) is 5.69 Å². The monoisotopic (exact) mass is 372 g/mol. The minimum absolute atomic E-state index is 0.238. The molecule has 0 aliphatic carbocycles. The molecule has 2 aliphatic heterocycles. The minimum Gasteiger partial charge on any atom is -0.366 e. The third-order valence-electron chi connectivity index (χ3n) is 4.58. The average molecular weight is 373 g/mol. The van der Waals surface area contributed by atoms with E-state index in [-0.39, 0.29) is 11.8 Å². The molecule has 6 heteroatoms. The van der Waals surface area contributed by atoms with Gasteiger partial charge in [-0.3, -0.25) is 9.59 Å². The number of likely N-dealkylation sites (tertiary alicyclic amines) is 1. The summed E-state index contributed by atoms with van der Waals surface area (Å²) in [6.07, 6.45) is 3.26. The van der Waals surface area contributed by atoms with E-state index in [0.29, 0.717) is 22.0 Å². The van der Waals surface area contributed by atoms with Gasteiger partial charge in [0.25, 0.3) is 11.8 Å². The van der Waals surface area contributed by atoms with Crippen LogP contribution in [0, 0.1) is 0 Å². The number of benzene rings is 1. The first-order valence-electron chi connectivity index (χ1n) is 8.34. The number of carbonyl (C=O) groups excluding carboxylic acids is 2. The van der Waals surface area contributed by atoms with E-state index in [0.717, 1.165) is 30.8 Å². The van der Waals surface area contributed by atoms with Crippen molar-refractivity contribution in [3.05, 3.63) is 57.4 Å². The summed E-state index contributed by atoms with van der Waals surface area (Å²) in [5.41, 5.74) is 1.62. The van der Waals surface area contributed by atoms with Crippen molar-refractivity contribution in [3.8, 4) is 0 Å². The molecule has 0 bridgehead atoms. The van der Waals surface area contributed by atoms with Crippen molar-refractivity contribution >= 4 is 46.0 Å². The maximum atomic E-state index is 13.2. The molecule has 0 radical (unpaired) electrons. The Morgan fingerprint density at radius 2 is 1.64 bits per heavy atom. The lowest BCUT2D eigenvalue weighted by Crippen LogP contribution is -2.37. The Kier molecular flexibility index (Phi) is 4.36. The predicted molar refractivity (Wildman–Crippen MR) is 101 cm³/mol. The van der Waals surface area contributed by atoms with Gasteiger partial charge in [-0.05, 0) is 55.0 Å². The molecule has 2 aliphatic rings. The Morgan fingerprint density at radius 1 is 0.920 bits per heavy atom. The van der Waals surface area contributed by atoms with Crippen molar-refractivity contribution in [2.24, 2.45) is 0 Å². The van der Waals surface area contributed by atoms with E-state index in [1.165, 1.54) is 22.7 Å². The van der Waals surface area contributed by atoms with E-state index in [1.807, 2.05) is 17.5 Å². The van der Waals surface area contributed by atoms with Gasteiger partial charge in [-0.25, -0.2) is 4.90 Å². The molecule has 128 valence electrons. The highest BCUT2D eigenvalue weighted by atomic mass is 35.5. The summed E-state index contributed by atoms with van der Waals surface area (Å²) in [4.78, 5) is 30.5. The molecular formula is C19H17ClN2O2S. The number of halogens is 1. The summed E-state index contributed by atoms with van der Waals surface area (Å²) in [6, 6.07) is 10.6. The summed E-state index contributed by atoms with van der Waals surface area (Å²) in [7, 11) is 0. The number of anilines is 1. The van der Waals surface area contributed by atoms with E-state index in [2.05, 4.69) is 4.90 Å². The van der Waals surface area contributed by atoms with Crippen molar-refractivity contribution in [1.29, 1.82) is 0 Å². The fraction of sp³-hybridized carbons (Fsp3) is 0.263. The summed E-state index contributed by atoms with van der Waals surface area (Å²) < 4.78 is 0. The Bertz CT molecular complexity index is 837. The zero-order chi connectivity index (χ0) is 17.4. The largest absolute Gasteiger partial charge is 0.366 e. The van der Waals surface area contributed by atoms with Crippen LogP contribution >= 0.6 is 22.9 Å². The smallest absolute Gasteiger partial charge is 0.282 e. The molecule has 1 aromatic carbocycles. The molecule has 0 N–H and O–H groups in total. The number of nitrogens with zero attached hydrogens (tertiary/aromatic N) is 2. The quantitative estimate of drug-likeness (QED) is 0.759. The zero-order valence-electron chi connectivity index (χ0n) is 13.6. The van der Waals surface area contributed by atoms with Crippen molar-refractivity contribution in [2.75, 3.05) is 18.0 Å². The highest BCUT2D eigenvalue weighted by Crippen LogP contribution is 2.37. The maximum Gasteiger partial charge on any atom is 0.282 e. The molecule has 1 saturated heterocycles. The first-order valence-corrected chi connectivity index (χ1v) is 9.60. The van der Waals surface area contributed by atoms with Crippen LogP contribution < -0.4 is 4.90 Å². The highest BCUT2D eigenvalue weighted by molar-refractivity contribution is 7.11. The minimum atomic E-state index is -0.254. The molecule has 1 aromatic heterocycles. The van der Waals surface area contributed by atoms with Crippen LogP contribution in [0.15, 0.2) is 47.5 Å². The fourth-order valence-corrected chi connectivity index (χ4v) is 4.29. The molecule has 25 heavy (non-hydrogen) atoms. The second kappa shape index (κ2) is 6.65. The Morgan fingerprint density at radius 3 is 2.28 bits per heavy atom. The van der Waals surface area contributed by atoms with E-state index in [9.17, 15) is 9.59 Å². The standard InChI is InChI=1S/C19H17ClN2O2S/c20-13-6-8-14(9-7-13)22-18(23)16(15-5-4-12-25-15)17(19(22)24)21-10-2-1-3-11-21/h4-9,12H,1-3,10-11H2. The lowest BCUT2D eigenvalue weighted by molar-refractivity contribution is -0.120. The summed E-state index contributed by atoms with van der Waals surface area (Å²) >= 11 is 7.43. The first kappa shape index (κ1) is 16.4. The molecule has 1 fully saturated rings. The number of thiophene rings is 1. The highest BCUT2D eigenvalue weighted by Gasteiger charge is 2.42. The molecule has 4 rings (SSSR count). The van der Waals surface area contributed by atoms with Gasteiger partial charge in [0.2, 0.25) is 0 Å². The first-order chi connectivity index (χ1) is 12.2. The van der Waals surface area contributed by atoms with Gasteiger partial charge in [0.05, 0.1) is 11.3 Å². The fourth-order valence-electron chi connectivity index (χ4n) is 3.40. The number of amides is 2. The van der Waals surface area contributed by atoms with Crippen LogP contribution in [0.3, 0.4) is 0 Å². The third kappa shape index (κ3) is 2.87. The Hall–Kier alpha value is -2.11. The number of imide groups is 1. The number of hydrogen-bond donors (Lipinski definition) is 0. The van der Waals surface area contributed by atoms with Crippen molar-refractivity contribution < 1.29 is 9.59 Å². The second-order valence-electron chi connectivity index (χ2n) is 6.17. The predicted octanol–water partition coefficient (Wildman–Crippen LogP) is 4.17. The van der Waals surface area contributed by atoms with Crippen molar-refractivity contribution in [1.82, 2.24) is 4.90 Å². The number of rotatable bonds is 3. The van der Waals surface area contributed by atoms with Crippen LogP contribution in [0.2, 0.25) is 5.02 Å². The van der Waals surface area contributed by atoms with Crippen molar-refractivity contribution in [3.63, 3.8) is 0 Å². The molecule has 2 amide bonds. The molecule has 2 aromatic rings. The van der Waals surface area contributed by atoms with Crippen LogP contribution in [-0.2, 0) is 9.59 Å². The van der Waals surface area contributed by atoms with Gasteiger partial charge in [0, 0.05) is 23.0 Å². The normalized spacial score (nSPS) is 18.4. The number of hydrogen-bond acceptors (Lipinski definition) is 4. The molecular weight excluding hydrogens is 356 g/mol. The van der Waals surface area contributed by atoms with Gasteiger partial charge in [-0.1, -0.05) is 17.7 Å². The lowest BCUT2D eigenvalue weighted by atomic mass is 10.1. The maximum absolute atomic E-state index is 13.2. The van der Waals surface area contributed by atoms with Gasteiger partial charge in [0.1, 0.15) is 5.70 Å². The third-order valence-corrected chi connectivity index (χ3v) is 5.72. The zero-order valence-corrected chi connectivity index (χ0v) is 15.1. The SMILES string of the molecule is O=C1C(c2cccs2)=C(N2CCCCC2)C(=O)N1c1ccc(Cl)cc1.